The van der Waals surface area contributed by atoms with E-state index in [4.69, 9.17) is 11.6 Å². The minimum atomic E-state index is -0.595. The quantitative estimate of drug-likeness (QED) is 0.374. The van der Waals surface area contributed by atoms with Crippen LogP contribution in [0.1, 0.15) is 29.2 Å². The number of halogens is 1. The van der Waals surface area contributed by atoms with Crippen LogP contribution in [0.25, 0.3) is 0 Å². The Hall–Kier alpha value is -2.76. The summed E-state index contributed by atoms with van der Waals surface area (Å²) in [7, 11) is 0. The van der Waals surface area contributed by atoms with E-state index in [-0.39, 0.29) is 17.6 Å². The highest BCUT2D eigenvalue weighted by molar-refractivity contribution is 7.99. The van der Waals surface area contributed by atoms with Gasteiger partial charge in [-0.15, -0.1) is 11.8 Å². The molecule has 6 heteroatoms. The third-order valence-corrected chi connectivity index (χ3v) is 6.70. The molecule has 0 saturated carbocycles. The Morgan fingerprint density at radius 2 is 1.65 bits per heavy atom. The maximum absolute atomic E-state index is 13.5. The van der Waals surface area contributed by atoms with Crippen LogP contribution >= 0.6 is 23.4 Å². The molecule has 0 spiro atoms. The van der Waals surface area contributed by atoms with Gasteiger partial charge < -0.3 is 10.2 Å². The highest BCUT2D eigenvalue weighted by Gasteiger charge is 2.30. The lowest BCUT2D eigenvalue weighted by atomic mass is 10.0. The Morgan fingerprint density at radius 3 is 2.32 bits per heavy atom. The second-order valence-electron chi connectivity index (χ2n) is 8.23. The first-order valence-corrected chi connectivity index (χ1v) is 13.0. The van der Waals surface area contributed by atoms with Crippen LogP contribution in [-0.4, -0.2) is 35.1 Å². The summed E-state index contributed by atoms with van der Waals surface area (Å²) >= 11 is 7.62. The van der Waals surface area contributed by atoms with Gasteiger partial charge in [0.05, 0.1) is 5.75 Å². The Labute approximate surface area is 211 Å². The van der Waals surface area contributed by atoms with E-state index in [1.54, 1.807) is 4.90 Å². The molecule has 34 heavy (non-hydrogen) atoms. The number of hydrogen-bond donors (Lipinski definition) is 1. The fourth-order valence-electron chi connectivity index (χ4n) is 3.70. The average Bonchev–Trinajstić information content (AvgIpc) is 2.83. The highest BCUT2D eigenvalue weighted by atomic mass is 35.5. The zero-order valence-corrected chi connectivity index (χ0v) is 21.2. The average molecular weight is 495 g/mol. The molecule has 0 aliphatic rings. The number of hydrogen-bond acceptors (Lipinski definition) is 3. The number of nitrogens with one attached hydrogen (secondary N) is 1. The first kappa shape index (κ1) is 25.9. The number of rotatable bonds is 11. The monoisotopic (exact) mass is 494 g/mol. The molecule has 0 bridgehead atoms. The Morgan fingerprint density at radius 1 is 0.941 bits per heavy atom. The van der Waals surface area contributed by atoms with Crippen LogP contribution in [0.15, 0.2) is 78.9 Å². The molecule has 178 valence electrons. The van der Waals surface area contributed by atoms with E-state index in [1.807, 2.05) is 92.7 Å². The third-order valence-electron chi connectivity index (χ3n) is 5.48. The molecule has 0 aliphatic carbocycles. The van der Waals surface area contributed by atoms with E-state index in [1.165, 1.54) is 11.8 Å². The van der Waals surface area contributed by atoms with Crippen molar-refractivity contribution in [3.8, 4) is 0 Å². The number of benzene rings is 3. The predicted molar refractivity (Wildman–Crippen MR) is 142 cm³/mol. The van der Waals surface area contributed by atoms with Crippen molar-refractivity contribution >= 4 is 35.2 Å². The van der Waals surface area contributed by atoms with Crippen molar-refractivity contribution in [2.75, 3.05) is 12.3 Å². The van der Waals surface area contributed by atoms with Gasteiger partial charge in [-0.05, 0) is 42.7 Å². The zero-order valence-electron chi connectivity index (χ0n) is 19.7. The molecule has 0 heterocycles. The number of carbonyl (C=O) groups is 2. The Kier molecular flexibility index (Phi) is 10.0. The smallest absolute Gasteiger partial charge is 0.243 e. The van der Waals surface area contributed by atoms with Gasteiger partial charge in [0.2, 0.25) is 11.8 Å². The standard InChI is InChI=1S/C28H31ClN2O2S/c1-3-30-28(33)26(17-22-8-5-4-6-9-22)31(18-23-14-12-21(2)13-15-23)27(32)20-34-19-24-10-7-11-25(29)16-24/h4-16,26H,3,17-20H2,1-2H3,(H,30,33). The molecule has 1 unspecified atom stereocenters. The normalized spacial score (nSPS) is 11.6. The summed E-state index contributed by atoms with van der Waals surface area (Å²) in [6.07, 6.45) is 0.462. The summed E-state index contributed by atoms with van der Waals surface area (Å²) in [4.78, 5) is 28.4. The van der Waals surface area contributed by atoms with Gasteiger partial charge in [0, 0.05) is 30.3 Å². The molecule has 0 aliphatic heterocycles. The molecule has 2 amide bonds. The van der Waals surface area contributed by atoms with E-state index >= 15 is 0 Å². The van der Waals surface area contributed by atoms with E-state index < -0.39 is 6.04 Å². The van der Waals surface area contributed by atoms with Crippen LogP contribution in [0.5, 0.6) is 0 Å². The van der Waals surface area contributed by atoms with E-state index in [0.29, 0.717) is 30.3 Å². The summed E-state index contributed by atoms with van der Waals surface area (Å²) in [6, 6.07) is 25.0. The Bertz CT molecular complexity index is 1070. The number of likely N-dealkylation sites (N-methyl/N-ethyl adjacent to an activating group) is 1. The van der Waals surface area contributed by atoms with Crippen molar-refractivity contribution in [2.24, 2.45) is 0 Å². The van der Waals surface area contributed by atoms with Crippen LogP contribution in [0, 0.1) is 6.92 Å². The largest absolute Gasteiger partial charge is 0.355 e. The van der Waals surface area contributed by atoms with Crippen LogP contribution in [0.3, 0.4) is 0 Å². The molecule has 3 aromatic carbocycles. The number of nitrogens with zero attached hydrogens (tertiary/aromatic N) is 1. The zero-order chi connectivity index (χ0) is 24.3. The van der Waals surface area contributed by atoms with Gasteiger partial charge in [0.15, 0.2) is 0 Å². The van der Waals surface area contributed by atoms with Gasteiger partial charge in [-0.3, -0.25) is 9.59 Å². The number of aryl methyl sites for hydroxylation is 1. The summed E-state index contributed by atoms with van der Waals surface area (Å²) < 4.78 is 0. The summed E-state index contributed by atoms with van der Waals surface area (Å²) in [5.74, 6) is 0.768. The van der Waals surface area contributed by atoms with Crippen molar-refractivity contribution in [2.45, 2.75) is 38.6 Å². The van der Waals surface area contributed by atoms with Gasteiger partial charge in [-0.2, -0.15) is 0 Å². The van der Waals surface area contributed by atoms with Crippen LogP contribution in [-0.2, 0) is 28.3 Å². The third kappa shape index (κ3) is 7.93. The molecule has 4 nitrogen and oxygen atoms in total. The summed E-state index contributed by atoms with van der Waals surface area (Å²) in [5, 5.41) is 3.61. The second-order valence-corrected chi connectivity index (χ2v) is 9.65. The molecule has 0 aromatic heterocycles. The minimum Gasteiger partial charge on any atom is -0.355 e. The molecule has 1 atom stereocenters. The van der Waals surface area contributed by atoms with Gasteiger partial charge in [0.25, 0.3) is 0 Å². The van der Waals surface area contributed by atoms with E-state index in [0.717, 1.165) is 22.3 Å². The molecule has 1 N–H and O–H groups in total. The topological polar surface area (TPSA) is 49.4 Å². The van der Waals surface area contributed by atoms with Crippen LogP contribution < -0.4 is 5.32 Å². The van der Waals surface area contributed by atoms with Gasteiger partial charge in [-0.1, -0.05) is 83.9 Å². The number of amides is 2. The fourth-order valence-corrected chi connectivity index (χ4v) is 4.77. The predicted octanol–water partition coefficient (Wildman–Crippen LogP) is 5.66. The summed E-state index contributed by atoms with van der Waals surface area (Å²) in [6.45, 7) is 4.82. The van der Waals surface area contributed by atoms with Crippen molar-refractivity contribution in [1.82, 2.24) is 10.2 Å². The first-order chi connectivity index (χ1) is 16.5. The van der Waals surface area contributed by atoms with Crippen LogP contribution in [0.2, 0.25) is 5.02 Å². The highest BCUT2D eigenvalue weighted by Crippen LogP contribution is 2.20. The van der Waals surface area contributed by atoms with E-state index in [2.05, 4.69) is 5.32 Å². The van der Waals surface area contributed by atoms with Gasteiger partial charge in [-0.25, -0.2) is 0 Å². The summed E-state index contributed by atoms with van der Waals surface area (Å²) in [5.41, 5.74) is 4.25. The van der Waals surface area contributed by atoms with Crippen molar-refractivity contribution < 1.29 is 9.59 Å². The lowest BCUT2D eigenvalue weighted by molar-refractivity contribution is -0.139. The molecule has 0 saturated heterocycles. The second kappa shape index (κ2) is 13.2. The lowest BCUT2D eigenvalue weighted by Crippen LogP contribution is -2.51. The van der Waals surface area contributed by atoms with Crippen molar-refractivity contribution in [3.05, 3.63) is 106 Å². The molecular formula is C28H31ClN2O2S. The minimum absolute atomic E-state index is 0.0558. The van der Waals surface area contributed by atoms with Crippen LogP contribution in [0.4, 0.5) is 0 Å². The maximum Gasteiger partial charge on any atom is 0.243 e. The molecule has 3 rings (SSSR count). The lowest BCUT2D eigenvalue weighted by Gasteiger charge is -2.31. The maximum atomic E-state index is 13.5. The van der Waals surface area contributed by atoms with E-state index in [9.17, 15) is 9.59 Å². The Balaban J connectivity index is 1.81. The SMILES string of the molecule is CCNC(=O)C(Cc1ccccc1)N(Cc1ccc(C)cc1)C(=O)CSCc1cccc(Cl)c1. The van der Waals surface area contributed by atoms with Crippen molar-refractivity contribution in [3.63, 3.8) is 0 Å². The molecule has 0 radical (unpaired) electrons. The fraction of sp³-hybridized carbons (Fsp3) is 0.286. The van der Waals surface area contributed by atoms with Gasteiger partial charge in [0.1, 0.15) is 6.04 Å². The molecule has 0 fully saturated rings. The first-order valence-electron chi connectivity index (χ1n) is 11.4. The molecular weight excluding hydrogens is 464 g/mol. The number of thioether (sulfide) groups is 1. The number of carbonyl (C=O) groups excluding carboxylic acids is 2. The molecule has 3 aromatic rings. The van der Waals surface area contributed by atoms with Gasteiger partial charge >= 0.3 is 0 Å². The van der Waals surface area contributed by atoms with Crippen molar-refractivity contribution in [1.29, 1.82) is 0 Å².